The predicted molar refractivity (Wildman–Crippen MR) is 85.8 cm³/mol. The molecule has 1 amide bonds. The first kappa shape index (κ1) is 16.0. The van der Waals surface area contributed by atoms with Gasteiger partial charge in [0.05, 0.1) is 24.1 Å². The monoisotopic (exact) mass is 347 g/mol. The number of halogens is 2. The van der Waals surface area contributed by atoms with Crippen molar-refractivity contribution in [2.24, 2.45) is 5.73 Å². The second-order valence-electron chi connectivity index (χ2n) is 4.80. The number of aromatic nitrogens is 2. The van der Waals surface area contributed by atoms with Crippen molar-refractivity contribution in [3.05, 3.63) is 53.0 Å². The van der Waals surface area contributed by atoms with Gasteiger partial charge in [-0.15, -0.1) is 11.3 Å². The molecule has 122 valence electrons. The highest BCUT2D eigenvalue weighted by atomic mass is 32.1. The van der Waals surface area contributed by atoms with Crippen LogP contribution < -0.4 is 10.5 Å². The highest BCUT2D eigenvalue weighted by Crippen LogP contribution is 2.33. The summed E-state index contributed by atoms with van der Waals surface area (Å²) in [6.07, 6.45) is 1.42. The van der Waals surface area contributed by atoms with Gasteiger partial charge >= 0.3 is 0 Å². The quantitative estimate of drug-likeness (QED) is 0.786. The third-order valence-electron chi connectivity index (χ3n) is 3.28. The van der Waals surface area contributed by atoms with Crippen LogP contribution in [0.5, 0.6) is 5.75 Å². The van der Waals surface area contributed by atoms with Crippen LogP contribution in [0.25, 0.3) is 22.0 Å². The molecular formula is C16H11F2N3O2S. The van der Waals surface area contributed by atoms with Gasteiger partial charge in [0.15, 0.2) is 0 Å². The van der Waals surface area contributed by atoms with Gasteiger partial charge in [-0.1, -0.05) is 0 Å². The van der Waals surface area contributed by atoms with Gasteiger partial charge in [0.25, 0.3) is 0 Å². The number of thiazole rings is 1. The molecule has 5 nitrogen and oxygen atoms in total. The molecule has 0 aliphatic heterocycles. The number of pyridine rings is 1. The predicted octanol–water partition coefficient (Wildman–Crippen LogP) is 3.26. The van der Waals surface area contributed by atoms with Crippen molar-refractivity contribution in [1.29, 1.82) is 0 Å². The third-order valence-corrected chi connectivity index (χ3v) is 4.14. The Morgan fingerprint density at radius 1 is 1.21 bits per heavy atom. The summed E-state index contributed by atoms with van der Waals surface area (Å²) in [6.45, 7) is 0. The summed E-state index contributed by atoms with van der Waals surface area (Å²) in [7, 11) is 1.33. The maximum atomic E-state index is 14.1. The normalized spacial score (nSPS) is 10.6. The van der Waals surface area contributed by atoms with Gasteiger partial charge in [-0.2, -0.15) is 0 Å². The smallest absolute Gasteiger partial charge is 0.248 e. The van der Waals surface area contributed by atoms with E-state index in [0.717, 1.165) is 23.5 Å². The molecule has 8 heteroatoms. The molecular weight excluding hydrogens is 336 g/mol. The molecule has 2 N–H and O–H groups in total. The molecule has 3 rings (SSSR count). The van der Waals surface area contributed by atoms with Crippen LogP contribution in [-0.4, -0.2) is 23.0 Å². The Hall–Kier alpha value is -2.87. The standard InChI is InChI=1S/C16H11F2N3O2S/c1-23-9-5-10(17)14(11(18)6-9)13-7-24-16(21-13)12-4-8(15(19)22)2-3-20-12/h2-7H,1H3,(H2,19,22). The first-order valence-electron chi connectivity index (χ1n) is 6.74. The van der Waals surface area contributed by atoms with Gasteiger partial charge in [0.1, 0.15) is 22.4 Å². The molecule has 0 atom stereocenters. The minimum atomic E-state index is -0.775. The summed E-state index contributed by atoms with van der Waals surface area (Å²) in [5, 5.41) is 1.93. The van der Waals surface area contributed by atoms with Crippen LogP contribution in [0.3, 0.4) is 0 Å². The minimum absolute atomic E-state index is 0.0834. The number of hydrogen-bond donors (Lipinski definition) is 1. The highest BCUT2D eigenvalue weighted by Gasteiger charge is 2.18. The lowest BCUT2D eigenvalue weighted by Gasteiger charge is -2.05. The number of benzene rings is 1. The largest absolute Gasteiger partial charge is 0.497 e. The second-order valence-corrected chi connectivity index (χ2v) is 5.66. The fourth-order valence-corrected chi connectivity index (χ4v) is 2.90. The molecule has 0 radical (unpaired) electrons. The number of methoxy groups -OCH3 is 1. The van der Waals surface area contributed by atoms with E-state index in [1.54, 1.807) is 0 Å². The van der Waals surface area contributed by atoms with Crippen molar-refractivity contribution >= 4 is 17.2 Å². The Balaban J connectivity index is 2.03. The number of amides is 1. The Kier molecular flexibility index (Phi) is 4.22. The van der Waals surface area contributed by atoms with Crippen molar-refractivity contribution in [3.63, 3.8) is 0 Å². The van der Waals surface area contributed by atoms with Gasteiger partial charge in [-0.05, 0) is 12.1 Å². The molecule has 1 aromatic carbocycles. The number of rotatable bonds is 4. The van der Waals surface area contributed by atoms with Crippen molar-refractivity contribution in [2.75, 3.05) is 7.11 Å². The average molecular weight is 347 g/mol. The zero-order chi connectivity index (χ0) is 17.3. The number of hydrogen-bond acceptors (Lipinski definition) is 5. The van der Waals surface area contributed by atoms with Crippen molar-refractivity contribution in [1.82, 2.24) is 9.97 Å². The molecule has 0 unspecified atom stereocenters. The molecule has 24 heavy (non-hydrogen) atoms. The van der Waals surface area contributed by atoms with E-state index >= 15 is 0 Å². The number of nitrogens with zero attached hydrogens (tertiary/aromatic N) is 2. The molecule has 0 spiro atoms. The summed E-state index contributed by atoms with van der Waals surface area (Å²) in [6, 6.07) is 5.13. The second kappa shape index (κ2) is 6.32. The van der Waals surface area contributed by atoms with E-state index in [-0.39, 0.29) is 22.6 Å². The average Bonchev–Trinajstić information content (AvgIpc) is 3.03. The molecule has 0 aliphatic rings. The molecule has 0 bridgehead atoms. The summed E-state index contributed by atoms with van der Waals surface area (Å²) in [4.78, 5) is 19.5. The van der Waals surface area contributed by atoms with Gasteiger partial charge in [0, 0.05) is 29.3 Å². The van der Waals surface area contributed by atoms with Crippen LogP contribution in [0.2, 0.25) is 0 Å². The van der Waals surface area contributed by atoms with E-state index in [2.05, 4.69) is 9.97 Å². The molecule has 2 heterocycles. The lowest BCUT2D eigenvalue weighted by Crippen LogP contribution is -2.10. The Bertz CT molecular complexity index is 904. The van der Waals surface area contributed by atoms with Crippen molar-refractivity contribution in [3.8, 4) is 27.7 Å². The third kappa shape index (κ3) is 2.95. The summed E-state index contributed by atoms with van der Waals surface area (Å²) in [5.74, 6) is -2.06. The van der Waals surface area contributed by atoms with Crippen LogP contribution in [0.1, 0.15) is 10.4 Å². The number of primary amides is 1. The van der Waals surface area contributed by atoms with Crippen LogP contribution in [0.4, 0.5) is 8.78 Å². The lowest BCUT2D eigenvalue weighted by atomic mass is 10.1. The van der Waals surface area contributed by atoms with Crippen LogP contribution in [-0.2, 0) is 0 Å². The fourth-order valence-electron chi connectivity index (χ4n) is 2.12. The highest BCUT2D eigenvalue weighted by molar-refractivity contribution is 7.13. The van der Waals surface area contributed by atoms with Gasteiger partial charge in [-0.25, -0.2) is 13.8 Å². The van der Waals surface area contributed by atoms with Crippen LogP contribution in [0.15, 0.2) is 35.8 Å². The molecule has 3 aromatic rings. The number of carbonyl (C=O) groups is 1. The van der Waals surface area contributed by atoms with Crippen molar-refractivity contribution in [2.45, 2.75) is 0 Å². The van der Waals surface area contributed by atoms with Gasteiger partial charge in [-0.3, -0.25) is 9.78 Å². The Morgan fingerprint density at radius 3 is 2.54 bits per heavy atom. The summed E-state index contributed by atoms with van der Waals surface area (Å²) < 4.78 is 33.1. The van der Waals surface area contributed by atoms with Crippen LogP contribution in [0, 0.1) is 11.6 Å². The van der Waals surface area contributed by atoms with E-state index in [0.29, 0.717) is 10.7 Å². The zero-order valence-electron chi connectivity index (χ0n) is 12.4. The number of carbonyl (C=O) groups excluding carboxylic acids is 1. The van der Waals surface area contributed by atoms with Crippen LogP contribution >= 0.6 is 11.3 Å². The summed E-state index contributed by atoms with van der Waals surface area (Å²) in [5.41, 5.74) is 5.80. The maximum absolute atomic E-state index is 14.1. The Morgan fingerprint density at radius 2 is 1.92 bits per heavy atom. The molecule has 0 aliphatic carbocycles. The maximum Gasteiger partial charge on any atom is 0.248 e. The molecule has 0 saturated carbocycles. The SMILES string of the molecule is COc1cc(F)c(-c2csc(-c3cc(C(N)=O)ccn3)n2)c(F)c1. The van der Waals surface area contributed by atoms with Crippen molar-refractivity contribution < 1.29 is 18.3 Å². The zero-order valence-corrected chi connectivity index (χ0v) is 13.2. The summed E-state index contributed by atoms with van der Waals surface area (Å²) >= 11 is 1.15. The Labute approximate surface area is 139 Å². The first-order valence-corrected chi connectivity index (χ1v) is 7.62. The van der Waals surface area contributed by atoms with Gasteiger partial charge < -0.3 is 10.5 Å². The topological polar surface area (TPSA) is 78.1 Å². The number of ether oxygens (including phenoxy) is 1. The first-order chi connectivity index (χ1) is 11.5. The van der Waals surface area contributed by atoms with E-state index in [1.165, 1.54) is 30.8 Å². The minimum Gasteiger partial charge on any atom is -0.497 e. The lowest BCUT2D eigenvalue weighted by molar-refractivity contribution is 0.1000. The van der Waals surface area contributed by atoms with E-state index in [9.17, 15) is 13.6 Å². The van der Waals surface area contributed by atoms with E-state index in [1.807, 2.05) is 0 Å². The fraction of sp³-hybridized carbons (Fsp3) is 0.0625. The van der Waals surface area contributed by atoms with E-state index < -0.39 is 17.5 Å². The molecule has 2 aromatic heterocycles. The van der Waals surface area contributed by atoms with E-state index in [4.69, 9.17) is 10.5 Å². The molecule has 0 saturated heterocycles. The number of nitrogens with two attached hydrogens (primary N) is 1. The van der Waals surface area contributed by atoms with Gasteiger partial charge in [0.2, 0.25) is 5.91 Å². The molecule has 0 fully saturated rings.